The summed E-state index contributed by atoms with van der Waals surface area (Å²) in [5.74, 6) is 0.948. The van der Waals surface area contributed by atoms with Crippen molar-refractivity contribution in [2.45, 2.75) is 25.8 Å². The molecule has 2 heterocycles. The number of nitrogens with zero attached hydrogens (tertiary/aromatic N) is 2. The van der Waals surface area contributed by atoms with Crippen molar-refractivity contribution in [3.63, 3.8) is 0 Å². The molecule has 2 aromatic rings. The maximum atomic E-state index is 12.0. The number of amides is 2. The van der Waals surface area contributed by atoms with Crippen molar-refractivity contribution in [2.75, 3.05) is 13.1 Å². The molecule has 1 aromatic carbocycles. The summed E-state index contributed by atoms with van der Waals surface area (Å²) in [5.41, 5.74) is 0.937. The van der Waals surface area contributed by atoms with Crippen LogP contribution in [0.1, 0.15) is 31.7 Å². The first kappa shape index (κ1) is 15.3. The average Bonchev–Trinajstić information content (AvgIpc) is 3.18. The summed E-state index contributed by atoms with van der Waals surface area (Å²) in [4.78, 5) is 29.4. The van der Waals surface area contributed by atoms with Gasteiger partial charge in [0, 0.05) is 18.5 Å². The number of oxazole rings is 1. The monoisotopic (exact) mass is 313 g/mol. The summed E-state index contributed by atoms with van der Waals surface area (Å²) in [6, 6.07) is 9.31. The fraction of sp³-hybridized carbons (Fsp3) is 0.353. The lowest BCUT2D eigenvalue weighted by atomic mass is 10.2. The average molecular weight is 313 g/mol. The van der Waals surface area contributed by atoms with E-state index < -0.39 is 0 Å². The lowest BCUT2D eigenvalue weighted by Gasteiger charge is -2.16. The van der Waals surface area contributed by atoms with Gasteiger partial charge >= 0.3 is 0 Å². The fourth-order valence-electron chi connectivity index (χ4n) is 2.62. The second-order valence-electron chi connectivity index (χ2n) is 5.64. The normalized spacial score (nSPS) is 15.7. The number of hydrogen-bond acceptors (Lipinski definition) is 4. The van der Waals surface area contributed by atoms with Crippen molar-refractivity contribution >= 4 is 11.8 Å². The Morgan fingerprint density at radius 3 is 2.87 bits per heavy atom. The molecule has 6 heteroatoms. The first-order valence-electron chi connectivity index (χ1n) is 7.72. The number of hydrogen-bond donors (Lipinski definition) is 1. The fourth-order valence-corrected chi connectivity index (χ4v) is 2.62. The number of likely N-dealkylation sites (tertiary alicyclic amines) is 1. The second kappa shape index (κ2) is 6.64. The van der Waals surface area contributed by atoms with Crippen molar-refractivity contribution in [1.82, 2.24) is 15.2 Å². The first-order valence-corrected chi connectivity index (χ1v) is 7.72. The molecule has 1 N–H and O–H groups in total. The van der Waals surface area contributed by atoms with Gasteiger partial charge in [0.25, 0.3) is 0 Å². The van der Waals surface area contributed by atoms with Crippen LogP contribution in [-0.4, -0.2) is 34.8 Å². The van der Waals surface area contributed by atoms with Crippen LogP contribution in [-0.2, 0) is 9.59 Å². The molecule has 3 rings (SSSR count). The van der Waals surface area contributed by atoms with Crippen molar-refractivity contribution < 1.29 is 14.0 Å². The zero-order valence-electron chi connectivity index (χ0n) is 13.0. The van der Waals surface area contributed by atoms with Gasteiger partial charge in [-0.15, -0.1) is 0 Å². The van der Waals surface area contributed by atoms with Crippen LogP contribution in [0.4, 0.5) is 0 Å². The molecule has 1 aliphatic heterocycles. The topological polar surface area (TPSA) is 75.4 Å². The Balaban J connectivity index is 1.60. The third-order valence-corrected chi connectivity index (χ3v) is 3.84. The standard InChI is InChI=1S/C17H19N3O3/c1-12(19-15(21)11-20-9-5-8-16(20)22)17-18-10-14(23-17)13-6-3-2-4-7-13/h2-4,6-7,10,12H,5,8-9,11H2,1H3,(H,19,21). The van der Waals surface area contributed by atoms with E-state index in [4.69, 9.17) is 4.42 Å². The summed E-state index contributed by atoms with van der Waals surface area (Å²) < 4.78 is 5.72. The van der Waals surface area contributed by atoms with Crippen LogP contribution in [0.3, 0.4) is 0 Å². The Morgan fingerprint density at radius 1 is 1.39 bits per heavy atom. The van der Waals surface area contributed by atoms with Gasteiger partial charge in [0.1, 0.15) is 6.04 Å². The zero-order chi connectivity index (χ0) is 16.2. The summed E-state index contributed by atoms with van der Waals surface area (Å²) >= 11 is 0. The van der Waals surface area contributed by atoms with Crippen LogP contribution in [0.25, 0.3) is 11.3 Å². The minimum absolute atomic E-state index is 0.0373. The van der Waals surface area contributed by atoms with Crippen molar-refractivity contribution in [1.29, 1.82) is 0 Å². The van der Waals surface area contributed by atoms with E-state index in [0.29, 0.717) is 24.6 Å². The third-order valence-electron chi connectivity index (χ3n) is 3.84. The Labute approximate surface area is 134 Å². The first-order chi connectivity index (χ1) is 11.1. The highest BCUT2D eigenvalue weighted by Gasteiger charge is 2.23. The van der Waals surface area contributed by atoms with Crippen LogP contribution in [0.5, 0.6) is 0 Å². The van der Waals surface area contributed by atoms with E-state index in [1.165, 1.54) is 0 Å². The molecule has 1 saturated heterocycles. The lowest BCUT2D eigenvalue weighted by molar-refractivity contribution is -0.133. The predicted octanol–water partition coefficient (Wildman–Crippen LogP) is 2.14. The molecule has 1 fully saturated rings. The molecular formula is C17H19N3O3. The van der Waals surface area contributed by atoms with Gasteiger partial charge in [-0.3, -0.25) is 9.59 Å². The number of carbonyl (C=O) groups excluding carboxylic acids is 2. The maximum absolute atomic E-state index is 12.0. The highest BCUT2D eigenvalue weighted by atomic mass is 16.4. The number of carbonyl (C=O) groups is 2. The molecule has 0 saturated carbocycles. The molecule has 6 nitrogen and oxygen atoms in total. The molecule has 120 valence electrons. The van der Waals surface area contributed by atoms with Crippen LogP contribution in [0.15, 0.2) is 40.9 Å². The van der Waals surface area contributed by atoms with Gasteiger partial charge < -0.3 is 14.6 Å². The minimum Gasteiger partial charge on any atom is -0.438 e. The summed E-state index contributed by atoms with van der Waals surface area (Å²) in [7, 11) is 0. The number of nitrogens with one attached hydrogen (secondary N) is 1. The van der Waals surface area contributed by atoms with Gasteiger partial charge in [0.2, 0.25) is 17.7 Å². The molecule has 23 heavy (non-hydrogen) atoms. The van der Waals surface area contributed by atoms with Crippen molar-refractivity contribution in [2.24, 2.45) is 0 Å². The largest absolute Gasteiger partial charge is 0.438 e. The molecule has 1 atom stereocenters. The van der Waals surface area contributed by atoms with Gasteiger partial charge in [0.15, 0.2) is 5.76 Å². The quantitative estimate of drug-likeness (QED) is 0.917. The van der Waals surface area contributed by atoms with Crippen LogP contribution >= 0.6 is 0 Å². The van der Waals surface area contributed by atoms with E-state index in [-0.39, 0.29) is 24.4 Å². The Bertz CT molecular complexity index is 696. The molecule has 0 aliphatic carbocycles. The number of rotatable bonds is 5. The number of aromatic nitrogens is 1. The summed E-state index contributed by atoms with van der Waals surface area (Å²) in [5, 5.41) is 2.82. The van der Waals surface area contributed by atoms with Crippen LogP contribution in [0, 0.1) is 0 Å². The van der Waals surface area contributed by atoms with E-state index >= 15 is 0 Å². The van der Waals surface area contributed by atoms with E-state index in [9.17, 15) is 9.59 Å². The lowest BCUT2D eigenvalue weighted by Crippen LogP contribution is -2.38. The molecule has 2 amide bonds. The van der Waals surface area contributed by atoms with Gasteiger partial charge in [-0.2, -0.15) is 0 Å². The highest BCUT2D eigenvalue weighted by molar-refractivity contribution is 5.85. The van der Waals surface area contributed by atoms with Crippen LogP contribution in [0.2, 0.25) is 0 Å². The Hall–Kier alpha value is -2.63. The zero-order valence-corrected chi connectivity index (χ0v) is 13.0. The van der Waals surface area contributed by atoms with Gasteiger partial charge in [-0.1, -0.05) is 30.3 Å². The third kappa shape index (κ3) is 3.59. The summed E-state index contributed by atoms with van der Waals surface area (Å²) in [6.07, 6.45) is 3.00. The molecule has 0 spiro atoms. The van der Waals surface area contributed by atoms with Gasteiger partial charge in [0.05, 0.1) is 12.7 Å². The van der Waals surface area contributed by atoms with Crippen LogP contribution < -0.4 is 5.32 Å². The Morgan fingerprint density at radius 2 is 2.17 bits per heavy atom. The molecule has 1 aliphatic rings. The highest BCUT2D eigenvalue weighted by Crippen LogP contribution is 2.22. The Kier molecular flexibility index (Phi) is 4.41. The molecular weight excluding hydrogens is 294 g/mol. The second-order valence-corrected chi connectivity index (χ2v) is 5.64. The van der Waals surface area contributed by atoms with E-state index in [2.05, 4.69) is 10.3 Å². The van der Waals surface area contributed by atoms with Gasteiger partial charge in [-0.25, -0.2) is 4.98 Å². The van der Waals surface area contributed by atoms with Crippen molar-refractivity contribution in [3.8, 4) is 11.3 Å². The van der Waals surface area contributed by atoms with E-state index in [0.717, 1.165) is 12.0 Å². The van der Waals surface area contributed by atoms with E-state index in [1.54, 1.807) is 11.1 Å². The SMILES string of the molecule is CC(NC(=O)CN1CCCC1=O)c1ncc(-c2ccccc2)o1. The van der Waals surface area contributed by atoms with Gasteiger partial charge in [-0.05, 0) is 13.3 Å². The molecule has 1 unspecified atom stereocenters. The molecule has 0 radical (unpaired) electrons. The smallest absolute Gasteiger partial charge is 0.240 e. The predicted molar refractivity (Wildman–Crippen MR) is 84.3 cm³/mol. The molecule has 1 aromatic heterocycles. The summed E-state index contributed by atoms with van der Waals surface area (Å²) in [6.45, 7) is 2.55. The van der Waals surface area contributed by atoms with E-state index in [1.807, 2.05) is 37.3 Å². The maximum Gasteiger partial charge on any atom is 0.240 e. The molecule has 0 bridgehead atoms. The number of benzene rings is 1. The van der Waals surface area contributed by atoms with Crippen molar-refractivity contribution in [3.05, 3.63) is 42.4 Å². The minimum atomic E-state index is -0.349.